The molecule has 0 atom stereocenters. The maximum atomic E-state index is 8.56. The fourth-order valence-electron chi connectivity index (χ4n) is 0. The average Bonchev–Trinajstić information content (AvgIpc) is 1.41. The van der Waals surface area contributed by atoms with E-state index >= 15 is 0 Å². The third-order valence-electron chi connectivity index (χ3n) is 0. The summed E-state index contributed by atoms with van der Waals surface area (Å²) in [5.41, 5.74) is 0. The minimum atomic E-state index is -1.83. The van der Waals surface area contributed by atoms with Gasteiger partial charge in [0.2, 0.25) is 0 Å². The summed E-state index contributed by atoms with van der Waals surface area (Å²) in [6, 6.07) is 0. The summed E-state index contributed by atoms with van der Waals surface area (Å²) in [6.45, 7) is 4.75. The molecule has 0 saturated heterocycles. The van der Waals surface area contributed by atoms with Crippen LogP contribution >= 0.6 is 0 Å². The summed E-state index contributed by atoms with van der Waals surface area (Å²) in [7, 11) is 0. The van der Waals surface area contributed by atoms with Gasteiger partial charge in [-0.15, -0.1) is 0 Å². The van der Waals surface area contributed by atoms with Gasteiger partial charge >= 0.3 is 57.5 Å². The molecule has 0 aromatic heterocycles. The van der Waals surface area contributed by atoms with Crippen LogP contribution in [-0.4, -0.2) is 16.4 Å². The van der Waals surface area contributed by atoms with Crippen molar-refractivity contribution >= 4 is 6.16 Å². The van der Waals surface area contributed by atoms with Crippen LogP contribution in [0.15, 0.2) is 0 Å². The van der Waals surface area contributed by atoms with Crippen molar-refractivity contribution in [3.63, 3.8) is 0 Å². The zero-order chi connectivity index (χ0) is 5.58. The summed E-state index contributed by atoms with van der Waals surface area (Å²) in [5, 5.41) is 20.2. The van der Waals surface area contributed by atoms with Crippen molar-refractivity contribution in [3.8, 4) is 0 Å². The van der Waals surface area contributed by atoms with E-state index in [1.54, 1.807) is 0 Å². The monoisotopic (exact) mass is 127 g/mol. The molecule has 0 fully saturated rings. The second-order valence-electron chi connectivity index (χ2n) is 0.283. The molecule has 5 heteroatoms. The molecule has 0 bridgehead atoms. The van der Waals surface area contributed by atoms with E-state index in [1.165, 1.54) is 0 Å². The molecule has 7 heavy (non-hydrogen) atoms. The first-order valence-electron chi connectivity index (χ1n) is 0.875. The fourth-order valence-corrected chi connectivity index (χ4v) is 0. The first-order chi connectivity index (χ1) is 2.73. The van der Waals surface area contributed by atoms with Crippen molar-refractivity contribution < 1.29 is 66.4 Å². The van der Waals surface area contributed by atoms with Crippen molar-refractivity contribution in [1.82, 2.24) is 0 Å². The maximum Gasteiger partial charge on any atom is 1.00 e. The predicted octanol–water partition coefficient (Wildman–Crippen LogP) is -2.68. The molecule has 0 saturated carbocycles. The third kappa shape index (κ3) is 787. The molecule has 2 N–H and O–H groups in total. The first kappa shape index (κ1) is 15.7. The van der Waals surface area contributed by atoms with Crippen LogP contribution in [0.3, 0.4) is 0 Å². The number of hydrogen-bond donors (Lipinski definition) is 2. The molecule has 0 aliphatic carbocycles. The van der Waals surface area contributed by atoms with Gasteiger partial charge in [-0.1, -0.05) is 0 Å². The quantitative estimate of drug-likeness (QED) is 0.274. The van der Waals surface area contributed by atoms with Gasteiger partial charge in [-0.3, -0.25) is 0 Å². The van der Waals surface area contributed by atoms with Crippen molar-refractivity contribution in [3.05, 3.63) is 6.57 Å². The Balaban J connectivity index is -0.0000000480. The minimum absolute atomic E-state index is 0. The molecule has 0 radical (unpaired) electrons. The van der Waals surface area contributed by atoms with Crippen LogP contribution in [0.4, 0.5) is 4.79 Å². The molecule has 0 aromatic carbocycles. The smallest absolute Gasteiger partial charge is 0.512 e. The number of rotatable bonds is 0. The van der Waals surface area contributed by atoms with Crippen LogP contribution in [0.25, 0.3) is 0 Å². The van der Waals surface area contributed by atoms with Crippen LogP contribution in [0.1, 0.15) is 0 Å². The molecule has 0 aliphatic heterocycles. The number of hydrogen-bond acceptors (Lipinski definition) is 2. The SMILES string of the molecule is O=C(O)O.[C-]#N.[K+]. The maximum absolute atomic E-state index is 8.56. The van der Waals surface area contributed by atoms with E-state index in [0.29, 0.717) is 0 Å². The Bertz CT molecular complexity index is 57.2. The molecule has 0 unspecified atom stereocenters. The number of nitrogens with zero attached hydrogens (tertiary/aromatic N) is 1. The van der Waals surface area contributed by atoms with Gasteiger partial charge in [-0.25, -0.2) is 4.79 Å². The van der Waals surface area contributed by atoms with Crippen molar-refractivity contribution in [2.24, 2.45) is 0 Å². The summed E-state index contributed by atoms with van der Waals surface area (Å²) < 4.78 is 0. The fraction of sp³-hybridized carbons (Fsp3) is 0. The summed E-state index contributed by atoms with van der Waals surface area (Å²) in [5.74, 6) is 0. The van der Waals surface area contributed by atoms with Gasteiger partial charge in [-0.2, -0.15) is 0 Å². The second-order valence-corrected chi connectivity index (χ2v) is 0.283. The molecule has 34 valence electrons. The largest absolute Gasteiger partial charge is 1.00 e. The van der Waals surface area contributed by atoms with Gasteiger partial charge in [-0.05, 0) is 0 Å². The summed E-state index contributed by atoms with van der Waals surface area (Å²) in [6.07, 6.45) is -1.83. The Hall–Kier alpha value is 0.396. The normalized spacial score (nSPS) is 3.71. The van der Waals surface area contributed by atoms with E-state index in [0.717, 1.165) is 0 Å². The van der Waals surface area contributed by atoms with Gasteiger partial charge in [0.1, 0.15) is 0 Å². The van der Waals surface area contributed by atoms with Crippen LogP contribution in [0.5, 0.6) is 0 Å². The molecule has 0 aromatic rings. The van der Waals surface area contributed by atoms with Gasteiger partial charge in [0.05, 0.1) is 0 Å². The summed E-state index contributed by atoms with van der Waals surface area (Å²) >= 11 is 0. The molecule has 0 amide bonds. The van der Waals surface area contributed by atoms with Gasteiger partial charge in [0.25, 0.3) is 0 Å². The van der Waals surface area contributed by atoms with Crippen LogP contribution in [0.2, 0.25) is 0 Å². The van der Waals surface area contributed by atoms with Gasteiger partial charge in [0.15, 0.2) is 0 Å². The van der Waals surface area contributed by atoms with E-state index < -0.39 is 6.16 Å². The molecule has 4 nitrogen and oxygen atoms in total. The Morgan fingerprint density at radius 1 is 1.43 bits per heavy atom. The van der Waals surface area contributed by atoms with Crippen molar-refractivity contribution in [2.75, 3.05) is 0 Å². The second kappa shape index (κ2) is 16.1. The molecule has 0 rings (SSSR count). The minimum Gasteiger partial charge on any atom is -0.512 e. The zero-order valence-electron chi connectivity index (χ0n) is 3.75. The standard InChI is InChI=1S/CN.CH2O3.K/c1-2;2-1(3)4;/h;(H2,2,3,4);/q-1;;+1. The molecule has 0 heterocycles. The predicted molar refractivity (Wildman–Crippen MR) is 15.6 cm³/mol. The summed E-state index contributed by atoms with van der Waals surface area (Å²) in [4.78, 5) is 8.56. The van der Waals surface area contributed by atoms with Gasteiger partial charge in [0, 0.05) is 0 Å². The number of carboxylic acid groups (broad SMARTS) is 2. The van der Waals surface area contributed by atoms with E-state index in [2.05, 4.69) is 0 Å². The van der Waals surface area contributed by atoms with Gasteiger partial charge < -0.3 is 22.0 Å². The van der Waals surface area contributed by atoms with Crippen molar-refractivity contribution in [1.29, 1.82) is 5.26 Å². The van der Waals surface area contributed by atoms with Crippen LogP contribution in [-0.2, 0) is 0 Å². The third-order valence-corrected chi connectivity index (χ3v) is 0. The van der Waals surface area contributed by atoms with E-state index in [1.807, 2.05) is 0 Å². The Morgan fingerprint density at radius 2 is 1.43 bits per heavy atom. The Morgan fingerprint density at radius 3 is 1.43 bits per heavy atom. The van der Waals surface area contributed by atoms with Crippen LogP contribution in [0, 0.1) is 11.8 Å². The number of carbonyl (C=O) groups is 1. The zero-order valence-corrected chi connectivity index (χ0v) is 6.87. The topological polar surface area (TPSA) is 81.3 Å². The Kier molecular flexibility index (Phi) is 36.1. The van der Waals surface area contributed by atoms with Crippen LogP contribution < -0.4 is 51.4 Å². The molecule has 0 spiro atoms. The Labute approximate surface area is 83.2 Å². The molecular weight excluding hydrogens is 125 g/mol. The average molecular weight is 127 g/mol. The van der Waals surface area contributed by atoms with E-state index in [-0.39, 0.29) is 51.4 Å². The van der Waals surface area contributed by atoms with E-state index in [4.69, 9.17) is 26.8 Å². The molecular formula is C2H2KNO3. The first-order valence-corrected chi connectivity index (χ1v) is 0.875. The molecule has 0 aliphatic rings. The van der Waals surface area contributed by atoms with E-state index in [9.17, 15) is 0 Å². The van der Waals surface area contributed by atoms with Crippen molar-refractivity contribution in [2.45, 2.75) is 0 Å².